The van der Waals surface area contributed by atoms with Gasteiger partial charge in [-0.1, -0.05) is 51.1 Å². The number of aliphatic hydroxyl groups excluding tert-OH is 1. The third-order valence-electron chi connectivity index (χ3n) is 3.12. The zero-order chi connectivity index (χ0) is 15.2. The molecule has 0 heterocycles. The Labute approximate surface area is 122 Å². The second-order valence-corrected chi connectivity index (χ2v) is 7.58. The maximum Gasteiger partial charge on any atom is 0.212 e. The molecular weight excluding hydrogens is 274 g/mol. The summed E-state index contributed by atoms with van der Waals surface area (Å²) in [6, 6.07) is 9.56. The summed E-state index contributed by atoms with van der Waals surface area (Å²) in [5.41, 5.74) is 1.00. The first-order chi connectivity index (χ1) is 9.30. The topological polar surface area (TPSA) is 66.4 Å². The highest BCUT2D eigenvalue weighted by Gasteiger charge is 2.18. The number of rotatable bonds is 8. The summed E-state index contributed by atoms with van der Waals surface area (Å²) in [6.07, 6.45) is -0.0340. The first kappa shape index (κ1) is 17.1. The fourth-order valence-electron chi connectivity index (χ4n) is 2.12. The van der Waals surface area contributed by atoms with Crippen LogP contribution in [0.3, 0.4) is 0 Å². The Kier molecular flexibility index (Phi) is 6.65. The van der Waals surface area contributed by atoms with Crippen molar-refractivity contribution in [1.82, 2.24) is 4.72 Å². The van der Waals surface area contributed by atoms with E-state index in [1.165, 1.54) is 0 Å². The lowest BCUT2D eigenvalue weighted by molar-refractivity contribution is 0.152. The number of sulfonamides is 1. The molecule has 2 unspecified atom stereocenters. The molecule has 0 radical (unpaired) electrons. The van der Waals surface area contributed by atoms with Crippen molar-refractivity contribution in [3.05, 3.63) is 35.9 Å². The predicted octanol–water partition coefficient (Wildman–Crippen LogP) is 2.12. The lowest BCUT2D eigenvalue weighted by atomic mass is 10.0. The van der Waals surface area contributed by atoms with Crippen molar-refractivity contribution in [2.45, 2.75) is 39.2 Å². The Hall–Kier alpha value is -0.910. The molecule has 0 saturated carbocycles. The number of nitrogens with one attached hydrogen (secondary N) is 1. The van der Waals surface area contributed by atoms with E-state index in [2.05, 4.69) is 4.72 Å². The van der Waals surface area contributed by atoms with Gasteiger partial charge in [-0.05, 0) is 23.8 Å². The van der Waals surface area contributed by atoms with Crippen molar-refractivity contribution < 1.29 is 13.5 Å². The molecule has 20 heavy (non-hydrogen) atoms. The first-order valence-corrected chi connectivity index (χ1v) is 8.65. The van der Waals surface area contributed by atoms with Crippen LogP contribution in [0.15, 0.2) is 30.3 Å². The van der Waals surface area contributed by atoms with Crippen molar-refractivity contribution in [1.29, 1.82) is 0 Å². The SMILES string of the molecule is CC(C)CC(O)CNS(=O)(=O)CC(C)c1ccccc1. The fourth-order valence-corrected chi connectivity index (χ4v) is 3.53. The van der Waals surface area contributed by atoms with E-state index in [4.69, 9.17) is 0 Å². The van der Waals surface area contributed by atoms with Crippen molar-refractivity contribution in [3.63, 3.8) is 0 Å². The van der Waals surface area contributed by atoms with E-state index in [0.717, 1.165) is 5.56 Å². The van der Waals surface area contributed by atoms with Crippen LogP contribution < -0.4 is 4.72 Å². The minimum absolute atomic E-state index is 0.0331. The minimum atomic E-state index is -3.37. The highest BCUT2D eigenvalue weighted by Crippen LogP contribution is 2.16. The van der Waals surface area contributed by atoms with Gasteiger partial charge < -0.3 is 5.11 Å². The predicted molar refractivity (Wildman–Crippen MR) is 82.1 cm³/mol. The maximum atomic E-state index is 12.0. The Balaban J connectivity index is 2.49. The molecule has 1 aromatic rings. The smallest absolute Gasteiger partial charge is 0.212 e. The molecule has 0 aliphatic heterocycles. The van der Waals surface area contributed by atoms with Crippen LogP contribution >= 0.6 is 0 Å². The quantitative estimate of drug-likeness (QED) is 0.772. The van der Waals surface area contributed by atoms with Gasteiger partial charge in [0, 0.05) is 6.54 Å². The van der Waals surface area contributed by atoms with E-state index in [0.29, 0.717) is 12.3 Å². The van der Waals surface area contributed by atoms with E-state index >= 15 is 0 Å². The van der Waals surface area contributed by atoms with Crippen molar-refractivity contribution in [2.75, 3.05) is 12.3 Å². The van der Waals surface area contributed by atoms with Crippen molar-refractivity contribution in [2.24, 2.45) is 5.92 Å². The van der Waals surface area contributed by atoms with Crippen LogP contribution in [0.2, 0.25) is 0 Å². The molecule has 1 aromatic carbocycles. The monoisotopic (exact) mass is 299 g/mol. The van der Waals surface area contributed by atoms with Crippen molar-refractivity contribution >= 4 is 10.0 Å². The van der Waals surface area contributed by atoms with E-state index < -0.39 is 16.1 Å². The molecule has 1 rings (SSSR count). The van der Waals surface area contributed by atoms with Gasteiger partial charge in [0.2, 0.25) is 10.0 Å². The molecule has 0 aliphatic rings. The molecule has 0 bridgehead atoms. The second-order valence-electron chi connectivity index (χ2n) is 5.72. The Morgan fingerprint density at radius 2 is 1.75 bits per heavy atom. The molecule has 0 aliphatic carbocycles. The largest absolute Gasteiger partial charge is 0.392 e. The van der Waals surface area contributed by atoms with Gasteiger partial charge in [0.05, 0.1) is 11.9 Å². The van der Waals surface area contributed by atoms with Gasteiger partial charge in [0.25, 0.3) is 0 Å². The highest BCUT2D eigenvalue weighted by molar-refractivity contribution is 7.89. The molecule has 0 spiro atoms. The molecule has 0 aromatic heterocycles. The average Bonchev–Trinajstić information content (AvgIpc) is 2.36. The van der Waals surface area contributed by atoms with Crippen LogP contribution in [0.4, 0.5) is 0 Å². The molecule has 2 N–H and O–H groups in total. The van der Waals surface area contributed by atoms with E-state index in [9.17, 15) is 13.5 Å². The van der Waals surface area contributed by atoms with Crippen LogP contribution in [0.25, 0.3) is 0 Å². The summed E-state index contributed by atoms with van der Waals surface area (Å²) in [6.45, 7) is 5.96. The summed E-state index contributed by atoms with van der Waals surface area (Å²) >= 11 is 0. The summed E-state index contributed by atoms with van der Waals surface area (Å²) in [4.78, 5) is 0. The molecule has 4 nitrogen and oxygen atoms in total. The Bertz CT molecular complexity index is 485. The van der Waals surface area contributed by atoms with Crippen LogP contribution in [-0.2, 0) is 10.0 Å². The summed E-state index contributed by atoms with van der Waals surface area (Å²) in [7, 11) is -3.37. The summed E-state index contributed by atoms with van der Waals surface area (Å²) in [5.74, 6) is 0.305. The normalized spacial score (nSPS) is 15.2. The third kappa shape index (κ3) is 6.50. The standard InChI is InChI=1S/C15H25NO3S/c1-12(2)9-15(17)10-16-20(18,19)11-13(3)14-7-5-4-6-8-14/h4-8,12-13,15-17H,9-11H2,1-3H3. The second kappa shape index (κ2) is 7.76. The molecule has 5 heteroatoms. The molecule has 0 fully saturated rings. The molecule has 0 amide bonds. The molecule has 2 atom stereocenters. The van der Waals surface area contributed by atoms with Gasteiger partial charge in [-0.15, -0.1) is 0 Å². The minimum Gasteiger partial charge on any atom is -0.392 e. The van der Waals surface area contributed by atoms with Crippen LogP contribution in [0, 0.1) is 5.92 Å². The van der Waals surface area contributed by atoms with Gasteiger partial charge in [-0.3, -0.25) is 0 Å². The van der Waals surface area contributed by atoms with Crippen molar-refractivity contribution in [3.8, 4) is 0 Å². The van der Waals surface area contributed by atoms with Crippen LogP contribution in [0.5, 0.6) is 0 Å². The van der Waals surface area contributed by atoms with Gasteiger partial charge in [-0.25, -0.2) is 13.1 Å². The lowest BCUT2D eigenvalue weighted by Gasteiger charge is -2.16. The summed E-state index contributed by atoms with van der Waals surface area (Å²) < 4.78 is 26.5. The maximum absolute atomic E-state index is 12.0. The van der Waals surface area contributed by atoms with E-state index in [-0.39, 0.29) is 18.2 Å². The van der Waals surface area contributed by atoms with Gasteiger partial charge >= 0.3 is 0 Å². The molecule has 0 saturated heterocycles. The van der Waals surface area contributed by atoms with Gasteiger partial charge in [0.1, 0.15) is 0 Å². The number of benzene rings is 1. The average molecular weight is 299 g/mol. The number of aliphatic hydroxyl groups is 1. The third-order valence-corrected chi connectivity index (χ3v) is 4.67. The van der Waals surface area contributed by atoms with Gasteiger partial charge in [0.15, 0.2) is 0 Å². The Morgan fingerprint density at radius 3 is 2.30 bits per heavy atom. The highest BCUT2D eigenvalue weighted by atomic mass is 32.2. The fraction of sp³-hybridized carbons (Fsp3) is 0.600. The van der Waals surface area contributed by atoms with E-state index in [1.54, 1.807) is 0 Å². The zero-order valence-corrected chi connectivity index (χ0v) is 13.2. The van der Waals surface area contributed by atoms with Gasteiger partial charge in [-0.2, -0.15) is 0 Å². The molecular formula is C15H25NO3S. The van der Waals surface area contributed by atoms with Crippen LogP contribution in [-0.4, -0.2) is 31.9 Å². The number of hydrogen-bond donors (Lipinski definition) is 2. The first-order valence-electron chi connectivity index (χ1n) is 7.00. The van der Waals surface area contributed by atoms with Crippen LogP contribution in [0.1, 0.15) is 38.7 Å². The zero-order valence-electron chi connectivity index (χ0n) is 12.4. The summed E-state index contributed by atoms with van der Waals surface area (Å²) in [5, 5.41) is 9.71. The Morgan fingerprint density at radius 1 is 1.15 bits per heavy atom. The lowest BCUT2D eigenvalue weighted by Crippen LogP contribution is -2.35. The molecule has 114 valence electrons. The van der Waals surface area contributed by atoms with E-state index in [1.807, 2.05) is 51.1 Å². The number of hydrogen-bond acceptors (Lipinski definition) is 3.